The zero-order chi connectivity index (χ0) is 19.6. The Morgan fingerprint density at radius 2 is 1.81 bits per heavy atom. The van der Waals surface area contributed by atoms with E-state index in [9.17, 15) is 9.59 Å². The summed E-state index contributed by atoms with van der Waals surface area (Å²) in [6, 6.07) is 11.4. The molecule has 0 N–H and O–H groups in total. The smallest absolute Gasteiger partial charge is 0.307 e. The Kier molecular flexibility index (Phi) is 7.79. The fraction of sp³-hybridized carbons (Fsp3) is 0.381. The number of esters is 1. The van der Waals surface area contributed by atoms with E-state index in [4.69, 9.17) is 9.47 Å². The van der Waals surface area contributed by atoms with Crippen molar-refractivity contribution >= 4 is 11.9 Å². The van der Waals surface area contributed by atoms with Gasteiger partial charge in [0.05, 0.1) is 25.3 Å². The van der Waals surface area contributed by atoms with Crippen LogP contribution in [0.5, 0.6) is 5.75 Å². The topological polar surface area (TPSA) is 68.7 Å². The zero-order valence-electron chi connectivity index (χ0n) is 16.1. The number of hydrogen-bond acceptors (Lipinski definition) is 5. The van der Waals surface area contributed by atoms with Gasteiger partial charge in [0.2, 0.25) is 0 Å². The first-order valence-electron chi connectivity index (χ1n) is 9.03. The molecule has 0 fully saturated rings. The van der Waals surface area contributed by atoms with Gasteiger partial charge in [-0.1, -0.05) is 24.3 Å². The predicted octanol–water partition coefficient (Wildman–Crippen LogP) is 3.06. The average Bonchev–Trinajstić information content (AvgIpc) is 2.65. The Bertz CT molecular complexity index is 742. The highest BCUT2D eigenvalue weighted by molar-refractivity contribution is 5.78. The SMILES string of the molecule is CCOC(=O)CCN(Cc1ccccn1)C(=O)COc1c(C)cccc1C. The van der Waals surface area contributed by atoms with E-state index >= 15 is 0 Å². The van der Waals surface area contributed by atoms with Gasteiger partial charge in [-0.25, -0.2) is 0 Å². The molecule has 0 saturated carbocycles. The van der Waals surface area contributed by atoms with E-state index in [0.29, 0.717) is 18.9 Å². The second kappa shape index (κ2) is 10.3. The summed E-state index contributed by atoms with van der Waals surface area (Å²) in [5.74, 6) is 0.189. The van der Waals surface area contributed by atoms with E-state index in [2.05, 4.69) is 4.98 Å². The Balaban J connectivity index is 2.04. The molecule has 6 nitrogen and oxygen atoms in total. The van der Waals surface area contributed by atoms with Gasteiger partial charge in [-0.2, -0.15) is 0 Å². The molecule has 1 heterocycles. The summed E-state index contributed by atoms with van der Waals surface area (Å²) in [5, 5.41) is 0. The molecule has 2 rings (SSSR count). The summed E-state index contributed by atoms with van der Waals surface area (Å²) in [5.41, 5.74) is 2.71. The van der Waals surface area contributed by atoms with E-state index in [1.54, 1.807) is 18.0 Å². The highest BCUT2D eigenvalue weighted by Crippen LogP contribution is 2.22. The molecular formula is C21H26N2O4. The summed E-state index contributed by atoms with van der Waals surface area (Å²) in [7, 11) is 0. The largest absolute Gasteiger partial charge is 0.483 e. The van der Waals surface area contributed by atoms with Crippen LogP contribution >= 0.6 is 0 Å². The third-order valence-corrected chi connectivity index (χ3v) is 4.07. The second-order valence-electron chi connectivity index (χ2n) is 6.20. The molecule has 0 spiro atoms. The third-order valence-electron chi connectivity index (χ3n) is 4.07. The molecule has 0 saturated heterocycles. The zero-order valence-corrected chi connectivity index (χ0v) is 16.1. The molecule has 0 aliphatic carbocycles. The van der Waals surface area contributed by atoms with Crippen molar-refractivity contribution in [2.45, 2.75) is 33.7 Å². The van der Waals surface area contributed by atoms with Crippen LogP contribution in [0.2, 0.25) is 0 Å². The second-order valence-corrected chi connectivity index (χ2v) is 6.20. The quantitative estimate of drug-likeness (QED) is 0.635. The highest BCUT2D eigenvalue weighted by atomic mass is 16.5. The minimum absolute atomic E-state index is 0.0959. The molecule has 0 radical (unpaired) electrons. The molecule has 144 valence electrons. The van der Waals surface area contributed by atoms with Gasteiger partial charge in [0, 0.05) is 12.7 Å². The maximum absolute atomic E-state index is 12.7. The lowest BCUT2D eigenvalue weighted by Gasteiger charge is -2.22. The lowest BCUT2D eigenvalue weighted by molar-refractivity contribution is -0.144. The summed E-state index contributed by atoms with van der Waals surface area (Å²) in [6.45, 7) is 6.44. The van der Waals surface area contributed by atoms with Crippen molar-refractivity contribution in [3.8, 4) is 5.75 Å². The van der Waals surface area contributed by atoms with Crippen molar-refractivity contribution < 1.29 is 19.1 Å². The van der Waals surface area contributed by atoms with E-state index in [1.807, 2.05) is 50.2 Å². The Morgan fingerprint density at radius 3 is 2.44 bits per heavy atom. The number of carbonyl (C=O) groups is 2. The first kappa shape index (κ1) is 20.4. The van der Waals surface area contributed by atoms with Crippen molar-refractivity contribution in [3.05, 3.63) is 59.4 Å². The number of pyridine rings is 1. The lowest BCUT2D eigenvalue weighted by Crippen LogP contribution is -2.36. The van der Waals surface area contributed by atoms with E-state index in [0.717, 1.165) is 16.8 Å². The van der Waals surface area contributed by atoms with Crippen LogP contribution < -0.4 is 4.74 Å². The number of aromatic nitrogens is 1. The van der Waals surface area contributed by atoms with E-state index in [-0.39, 0.29) is 31.4 Å². The minimum Gasteiger partial charge on any atom is -0.483 e. The Hall–Kier alpha value is -2.89. The number of nitrogens with zero attached hydrogens (tertiary/aromatic N) is 2. The van der Waals surface area contributed by atoms with Crippen LogP contribution in [-0.2, 0) is 20.9 Å². The lowest BCUT2D eigenvalue weighted by atomic mass is 10.1. The molecular weight excluding hydrogens is 344 g/mol. The monoisotopic (exact) mass is 370 g/mol. The first-order valence-corrected chi connectivity index (χ1v) is 9.03. The summed E-state index contributed by atoms with van der Waals surface area (Å²) < 4.78 is 10.7. The molecule has 1 aromatic heterocycles. The van der Waals surface area contributed by atoms with Crippen molar-refractivity contribution in [1.29, 1.82) is 0 Å². The number of carbonyl (C=O) groups excluding carboxylic acids is 2. The number of rotatable bonds is 9. The number of para-hydroxylation sites is 1. The number of amides is 1. The van der Waals surface area contributed by atoms with E-state index < -0.39 is 0 Å². The molecule has 2 aromatic rings. The van der Waals surface area contributed by atoms with Crippen LogP contribution in [0.25, 0.3) is 0 Å². The van der Waals surface area contributed by atoms with Gasteiger partial charge in [0.25, 0.3) is 5.91 Å². The maximum Gasteiger partial charge on any atom is 0.307 e. The molecule has 0 bridgehead atoms. The standard InChI is InChI=1S/C21H26N2O4/c1-4-26-20(25)11-13-23(14-18-10-5-6-12-22-18)19(24)15-27-21-16(2)8-7-9-17(21)3/h5-10,12H,4,11,13-15H2,1-3H3. The van der Waals surface area contributed by atoms with Gasteiger partial charge in [-0.05, 0) is 44.0 Å². The van der Waals surface area contributed by atoms with Crippen LogP contribution in [0.15, 0.2) is 42.6 Å². The van der Waals surface area contributed by atoms with E-state index in [1.165, 1.54) is 0 Å². The van der Waals surface area contributed by atoms with Gasteiger partial charge >= 0.3 is 5.97 Å². The average molecular weight is 370 g/mol. The van der Waals surface area contributed by atoms with Crippen molar-refractivity contribution in [3.63, 3.8) is 0 Å². The molecule has 0 aliphatic rings. The number of aryl methyl sites for hydroxylation is 2. The van der Waals surface area contributed by atoms with Crippen molar-refractivity contribution in [2.24, 2.45) is 0 Å². The molecule has 27 heavy (non-hydrogen) atoms. The normalized spacial score (nSPS) is 10.3. The fourth-order valence-electron chi connectivity index (χ4n) is 2.69. The summed E-state index contributed by atoms with van der Waals surface area (Å²) in [4.78, 5) is 30.3. The van der Waals surface area contributed by atoms with Gasteiger partial charge in [-0.15, -0.1) is 0 Å². The van der Waals surface area contributed by atoms with Crippen LogP contribution in [0.1, 0.15) is 30.2 Å². The van der Waals surface area contributed by atoms with Gasteiger partial charge < -0.3 is 14.4 Å². The third kappa shape index (κ3) is 6.40. The molecule has 1 aromatic carbocycles. The van der Waals surface area contributed by atoms with Crippen LogP contribution in [0.4, 0.5) is 0 Å². The molecule has 1 amide bonds. The molecule has 0 unspecified atom stereocenters. The predicted molar refractivity (Wildman–Crippen MR) is 102 cm³/mol. The Morgan fingerprint density at radius 1 is 1.07 bits per heavy atom. The highest BCUT2D eigenvalue weighted by Gasteiger charge is 2.18. The maximum atomic E-state index is 12.7. The van der Waals surface area contributed by atoms with Crippen LogP contribution in [0, 0.1) is 13.8 Å². The van der Waals surface area contributed by atoms with Crippen LogP contribution in [-0.4, -0.2) is 41.5 Å². The molecule has 0 atom stereocenters. The van der Waals surface area contributed by atoms with Gasteiger partial charge in [0.1, 0.15) is 5.75 Å². The number of benzene rings is 1. The molecule has 6 heteroatoms. The Labute approximate surface area is 160 Å². The summed E-state index contributed by atoms with van der Waals surface area (Å²) in [6.07, 6.45) is 1.81. The van der Waals surface area contributed by atoms with Gasteiger partial charge in [-0.3, -0.25) is 14.6 Å². The first-order chi connectivity index (χ1) is 13.0. The number of hydrogen-bond donors (Lipinski definition) is 0. The van der Waals surface area contributed by atoms with Crippen LogP contribution in [0.3, 0.4) is 0 Å². The number of ether oxygens (including phenoxy) is 2. The van der Waals surface area contributed by atoms with Crippen molar-refractivity contribution in [1.82, 2.24) is 9.88 Å². The van der Waals surface area contributed by atoms with Gasteiger partial charge in [0.15, 0.2) is 6.61 Å². The minimum atomic E-state index is -0.327. The molecule has 0 aliphatic heterocycles. The summed E-state index contributed by atoms with van der Waals surface area (Å²) >= 11 is 0. The fourth-order valence-corrected chi connectivity index (χ4v) is 2.69. The van der Waals surface area contributed by atoms with Crippen molar-refractivity contribution in [2.75, 3.05) is 19.8 Å².